The Morgan fingerprint density at radius 1 is 1.50 bits per heavy atom. The summed E-state index contributed by atoms with van der Waals surface area (Å²) in [7, 11) is 0. The average Bonchev–Trinajstić information content (AvgIpc) is 2.85. The van der Waals surface area contributed by atoms with E-state index in [0.29, 0.717) is 25.7 Å². The Morgan fingerprint density at radius 2 is 2.30 bits per heavy atom. The van der Waals surface area contributed by atoms with E-state index in [1.165, 1.54) is 6.42 Å². The van der Waals surface area contributed by atoms with Crippen molar-refractivity contribution in [1.29, 1.82) is 0 Å². The second-order valence-electron chi connectivity index (χ2n) is 5.90. The third-order valence-electron chi connectivity index (χ3n) is 4.02. The summed E-state index contributed by atoms with van der Waals surface area (Å²) in [6, 6.07) is 4.37. The minimum atomic E-state index is -0.429. The second kappa shape index (κ2) is 7.25. The fourth-order valence-corrected chi connectivity index (χ4v) is 2.91. The Balaban J connectivity index is 2.00. The van der Waals surface area contributed by atoms with E-state index in [1.54, 1.807) is 0 Å². The van der Waals surface area contributed by atoms with Gasteiger partial charge in [-0.2, -0.15) is 0 Å². The van der Waals surface area contributed by atoms with Gasteiger partial charge >= 0.3 is 0 Å². The lowest BCUT2D eigenvalue weighted by Crippen LogP contribution is -2.42. The molecular formula is C16H27NO3. The van der Waals surface area contributed by atoms with Crippen molar-refractivity contribution in [2.45, 2.75) is 45.8 Å². The van der Waals surface area contributed by atoms with Crippen molar-refractivity contribution < 1.29 is 14.3 Å². The standard InChI is InChI=1S/C16H27NO3/c1-4-19-11-14(18)10-17-8-7-12(2)9-15(17)16-6-5-13(3)20-16/h5-6,12,14-15,18H,4,7-11H2,1-3H3. The smallest absolute Gasteiger partial charge is 0.121 e. The van der Waals surface area contributed by atoms with Gasteiger partial charge < -0.3 is 14.3 Å². The summed E-state index contributed by atoms with van der Waals surface area (Å²) in [4.78, 5) is 2.34. The molecule has 0 aliphatic carbocycles. The molecule has 3 atom stereocenters. The minimum absolute atomic E-state index is 0.281. The van der Waals surface area contributed by atoms with Gasteiger partial charge in [0, 0.05) is 13.2 Å². The van der Waals surface area contributed by atoms with E-state index in [-0.39, 0.29) is 6.04 Å². The van der Waals surface area contributed by atoms with Crippen molar-refractivity contribution >= 4 is 0 Å². The summed E-state index contributed by atoms with van der Waals surface area (Å²) < 4.78 is 11.1. The number of piperidine rings is 1. The van der Waals surface area contributed by atoms with Gasteiger partial charge in [-0.3, -0.25) is 4.90 Å². The molecule has 1 aliphatic rings. The van der Waals surface area contributed by atoms with E-state index < -0.39 is 6.10 Å². The van der Waals surface area contributed by atoms with Gasteiger partial charge in [-0.25, -0.2) is 0 Å². The van der Waals surface area contributed by atoms with Crippen LogP contribution >= 0.6 is 0 Å². The number of hydrogen-bond donors (Lipinski definition) is 1. The second-order valence-corrected chi connectivity index (χ2v) is 5.90. The molecule has 1 aromatic heterocycles. The zero-order chi connectivity index (χ0) is 14.5. The van der Waals surface area contributed by atoms with Gasteiger partial charge in [0.25, 0.3) is 0 Å². The van der Waals surface area contributed by atoms with Gasteiger partial charge in [0.05, 0.1) is 18.8 Å². The Morgan fingerprint density at radius 3 is 2.95 bits per heavy atom. The van der Waals surface area contributed by atoms with E-state index in [1.807, 2.05) is 19.9 Å². The molecule has 114 valence electrons. The number of nitrogens with zero attached hydrogens (tertiary/aromatic N) is 1. The normalized spacial score (nSPS) is 25.8. The number of furan rings is 1. The lowest BCUT2D eigenvalue weighted by Gasteiger charge is -2.38. The quantitative estimate of drug-likeness (QED) is 0.871. The van der Waals surface area contributed by atoms with Crippen molar-refractivity contribution in [3.8, 4) is 0 Å². The minimum Gasteiger partial charge on any atom is -0.465 e. The molecule has 2 rings (SSSR count). The van der Waals surface area contributed by atoms with Crippen LogP contribution in [0.15, 0.2) is 16.5 Å². The fraction of sp³-hybridized carbons (Fsp3) is 0.750. The molecule has 3 unspecified atom stereocenters. The van der Waals surface area contributed by atoms with Crippen LogP contribution in [0.4, 0.5) is 0 Å². The molecule has 4 nitrogen and oxygen atoms in total. The lowest BCUT2D eigenvalue weighted by molar-refractivity contribution is -0.00326. The number of aryl methyl sites for hydroxylation is 1. The Kier molecular flexibility index (Phi) is 5.64. The molecular weight excluding hydrogens is 254 g/mol. The maximum Gasteiger partial charge on any atom is 0.121 e. The fourth-order valence-electron chi connectivity index (χ4n) is 2.91. The maximum absolute atomic E-state index is 10.1. The molecule has 0 amide bonds. The van der Waals surface area contributed by atoms with E-state index in [9.17, 15) is 5.11 Å². The number of β-amino-alcohol motifs (C(OH)–C–C–N with tert-alkyl or cyclic N) is 1. The molecule has 1 aromatic rings. The van der Waals surface area contributed by atoms with E-state index in [4.69, 9.17) is 9.15 Å². The highest BCUT2D eigenvalue weighted by Gasteiger charge is 2.30. The van der Waals surface area contributed by atoms with Crippen LogP contribution in [0.3, 0.4) is 0 Å². The molecule has 4 heteroatoms. The lowest BCUT2D eigenvalue weighted by atomic mass is 9.91. The summed E-state index contributed by atoms with van der Waals surface area (Å²) in [5, 5.41) is 10.1. The monoisotopic (exact) mass is 281 g/mol. The molecule has 1 N–H and O–H groups in total. The van der Waals surface area contributed by atoms with Crippen LogP contribution in [0.2, 0.25) is 0 Å². The van der Waals surface area contributed by atoms with Crippen molar-refractivity contribution in [2.24, 2.45) is 5.92 Å². The van der Waals surface area contributed by atoms with Crippen molar-refractivity contribution in [3.05, 3.63) is 23.7 Å². The predicted octanol–water partition coefficient (Wildman–Crippen LogP) is 2.76. The zero-order valence-electron chi connectivity index (χ0n) is 12.8. The molecule has 2 heterocycles. The van der Waals surface area contributed by atoms with Gasteiger partial charge in [-0.1, -0.05) is 6.92 Å². The van der Waals surface area contributed by atoms with Gasteiger partial charge in [0.2, 0.25) is 0 Å². The van der Waals surface area contributed by atoms with Crippen LogP contribution in [0.1, 0.15) is 44.3 Å². The maximum atomic E-state index is 10.1. The molecule has 0 radical (unpaired) electrons. The van der Waals surface area contributed by atoms with E-state index in [2.05, 4.69) is 17.9 Å². The first-order chi connectivity index (χ1) is 9.60. The Labute approximate surface area is 121 Å². The van der Waals surface area contributed by atoms with E-state index in [0.717, 1.165) is 24.5 Å². The first-order valence-corrected chi connectivity index (χ1v) is 7.66. The summed E-state index contributed by atoms with van der Waals surface area (Å²) in [6.45, 7) is 8.93. The third-order valence-corrected chi connectivity index (χ3v) is 4.02. The van der Waals surface area contributed by atoms with Crippen LogP contribution in [0.25, 0.3) is 0 Å². The third kappa shape index (κ3) is 4.08. The largest absolute Gasteiger partial charge is 0.465 e. The first-order valence-electron chi connectivity index (χ1n) is 7.66. The number of aliphatic hydroxyl groups is 1. The van der Waals surface area contributed by atoms with Crippen LogP contribution in [-0.4, -0.2) is 42.4 Å². The SMILES string of the molecule is CCOCC(O)CN1CCC(C)CC1c1ccc(C)o1. The number of likely N-dealkylation sites (tertiary alicyclic amines) is 1. The number of ether oxygens (including phenoxy) is 1. The molecule has 1 saturated heterocycles. The molecule has 20 heavy (non-hydrogen) atoms. The van der Waals surface area contributed by atoms with Crippen LogP contribution in [0, 0.1) is 12.8 Å². The number of rotatable bonds is 6. The average molecular weight is 281 g/mol. The summed E-state index contributed by atoms with van der Waals surface area (Å²) >= 11 is 0. The molecule has 0 saturated carbocycles. The van der Waals surface area contributed by atoms with E-state index >= 15 is 0 Å². The first kappa shape index (κ1) is 15.5. The summed E-state index contributed by atoms with van der Waals surface area (Å²) in [6.07, 6.45) is 1.84. The van der Waals surface area contributed by atoms with Gasteiger partial charge in [0.15, 0.2) is 0 Å². The molecule has 0 spiro atoms. The van der Waals surface area contributed by atoms with Crippen molar-refractivity contribution in [1.82, 2.24) is 4.90 Å². The van der Waals surface area contributed by atoms with Gasteiger partial charge in [0.1, 0.15) is 11.5 Å². The topological polar surface area (TPSA) is 45.8 Å². The molecule has 1 aliphatic heterocycles. The van der Waals surface area contributed by atoms with Gasteiger partial charge in [-0.15, -0.1) is 0 Å². The predicted molar refractivity (Wildman–Crippen MR) is 78.7 cm³/mol. The van der Waals surface area contributed by atoms with Crippen molar-refractivity contribution in [3.63, 3.8) is 0 Å². The Bertz CT molecular complexity index is 404. The zero-order valence-corrected chi connectivity index (χ0v) is 12.8. The molecule has 0 aromatic carbocycles. The molecule has 1 fully saturated rings. The van der Waals surface area contributed by atoms with Crippen LogP contribution in [0.5, 0.6) is 0 Å². The highest BCUT2D eigenvalue weighted by Crippen LogP contribution is 2.34. The number of aliphatic hydroxyl groups excluding tert-OH is 1. The number of hydrogen-bond acceptors (Lipinski definition) is 4. The Hall–Kier alpha value is -0.840. The van der Waals surface area contributed by atoms with Crippen LogP contribution < -0.4 is 0 Å². The summed E-state index contributed by atoms with van der Waals surface area (Å²) in [5.41, 5.74) is 0. The summed E-state index contributed by atoms with van der Waals surface area (Å²) in [5.74, 6) is 2.68. The highest BCUT2D eigenvalue weighted by atomic mass is 16.5. The van der Waals surface area contributed by atoms with Crippen LogP contribution in [-0.2, 0) is 4.74 Å². The molecule has 0 bridgehead atoms. The van der Waals surface area contributed by atoms with Gasteiger partial charge in [-0.05, 0) is 51.3 Å². The highest BCUT2D eigenvalue weighted by molar-refractivity contribution is 5.11. The van der Waals surface area contributed by atoms with Crippen molar-refractivity contribution in [2.75, 3.05) is 26.3 Å².